The molecule has 37 heteroatoms. The summed E-state index contributed by atoms with van der Waals surface area (Å²) >= 11 is 0.300. The molecule has 0 fully saturated rings. The lowest BCUT2D eigenvalue weighted by Crippen LogP contribution is -2.15. The monoisotopic (exact) mass is 1100 g/mol. The van der Waals surface area contributed by atoms with E-state index in [4.69, 9.17) is 19.3 Å². The summed E-state index contributed by atoms with van der Waals surface area (Å²) in [5, 5.41) is 79.9. The van der Waals surface area contributed by atoms with Crippen molar-refractivity contribution in [3.63, 3.8) is 0 Å². The molecule has 0 heterocycles. The maximum absolute atomic E-state index is 12.7. The number of azo groups is 3. The van der Waals surface area contributed by atoms with Crippen molar-refractivity contribution >= 4 is 120 Å². The molecule has 5 aromatic carbocycles. The van der Waals surface area contributed by atoms with Gasteiger partial charge in [-0.3, -0.25) is 17.8 Å². The van der Waals surface area contributed by atoms with Gasteiger partial charge in [0.25, 0.3) is 20.2 Å². The molecule has 0 saturated heterocycles. The second kappa shape index (κ2) is 22.5. The molecule has 0 atom stereocenters. The van der Waals surface area contributed by atoms with E-state index in [0.717, 1.165) is 66.7 Å². The summed E-state index contributed by atoms with van der Waals surface area (Å²) in [4.78, 5) is -2.95. The number of aromatic hydroxyl groups is 3. The van der Waals surface area contributed by atoms with Gasteiger partial charge in [0, 0.05) is 5.39 Å². The minimum atomic E-state index is -5.27. The van der Waals surface area contributed by atoms with Gasteiger partial charge in [0.15, 0.2) is 66.3 Å². The van der Waals surface area contributed by atoms with Gasteiger partial charge in [0.2, 0.25) is 0 Å². The number of benzene rings is 5. The van der Waals surface area contributed by atoms with Crippen LogP contribution >= 0.6 is 24.4 Å². The second-order valence-corrected chi connectivity index (χ2v) is 22.1. The predicted octanol–water partition coefficient (Wildman–Crippen LogP) is 6.49. The van der Waals surface area contributed by atoms with Crippen molar-refractivity contribution in [1.29, 1.82) is 0 Å². The molecule has 0 radical (unpaired) electrons. The number of hydrogen-bond donors (Lipinski definition) is 8. The third-order valence-electron chi connectivity index (χ3n) is 8.35. The molecule has 0 saturated carbocycles. The zero-order chi connectivity index (χ0) is 51.0. The average molecular weight is 1110 g/mol. The van der Waals surface area contributed by atoms with Crippen LogP contribution in [0.1, 0.15) is 0 Å². The minimum absolute atomic E-state index is 0.109. The van der Waals surface area contributed by atoms with Crippen LogP contribution in [0.4, 0.5) is 34.1 Å². The summed E-state index contributed by atoms with van der Waals surface area (Å²) in [6.45, 7) is -1.34. The molecule has 0 aliphatic heterocycles. The Kier molecular flexibility index (Phi) is 17.8. The van der Waals surface area contributed by atoms with Crippen molar-refractivity contribution in [1.82, 2.24) is 0 Å². The number of phenols is 3. The summed E-state index contributed by atoms with van der Waals surface area (Å²) in [5.41, 5.74) is -3.60. The number of fused-ring (bicyclic) bond motifs is 1. The van der Waals surface area contributed by atoms with Gasteiger partial charge in [-0.15, -0.1) is 29.1 Å². The Balaban J connectivity index is 1.62. The lowest BCUT2D eigenvalue weighted by atomic mass is 10.1. The van der Waals surface area contributed by atoms with E-state index in [1.54, 1.807) is 0 Å². The Hall–Kier alpha value is -5.43. The molecular formula is C32H28N6O24S7. The predicted molar refractivity (Wildman–Crippen MR) is 231 cm³/mol. The van der Waals surface area contributed by atoms with Crippen molar-refractivity contribution in [2.24, 2.45) is 30.7 Å². The quantitative estimate of drug-likeness (QED) is 0.00864. The van der Waals surface area contributed by atoms with Crippen LogP contribution in [-0.2, 0) is 77.4 Å². The number of rotatable bonds is 23. The standard InChI is InChI=1S/C32H28N6O24S7/c39-30-27(36-33-18-1-5-20(6-2-18)65(44,45)11-9-57-64-62-60-43)31(40)29(32(41)28(30)37-34-19-3-7-21(8-4-19)66(46,47)12-10-58-69(54,55)56)38-35-24-16-23-17(14-25(24)63-61-59-42)13-22(67(48,49)50)15-26(23)68(51,52)53/h1-8,13-16,39-43H,9-12H2,(H,48,49,50)(H,51,52,53)(H,54,55,56). The summed E-state index contributed by atoms with van der Waals surface area (Å²) in [6.07, 6.45) is 0. The van der Waals surface area contributed by atoms with E-state index in [1.807, 2.05) is 0 Å². The van der Waals surface area contributed by atoms with Crippen LogP contribution in [0.3, 0.4) is 0 Å². The first-order chi connectivity index (χ1) is 32.3. The smallest absolute Gasteiger partial charge is 0.397 e. The van der Waals surface area contributed by atoms with Crippen molar-refractivity contribution < 1.29 is 109 Å². The molecule has 372 valence electrons. The fraction of sp³-hybridized carbons (Fsp3) is 0.125. The Morgan fingerprint density at radius 2 is 1.00 bits per heavy atom. The highest BCUT2D eigenvalue weighted by Crippen LogP contribution is 2.57. The van der Waals surface area contributed by atoms with Gasteiger partial charge in [-0.05, 0) is 78.2 Å². The topological polar surface area (TPSA) is 462 Å². The van der Waals surface area contributed by atoms with Gasteiger partial charge in [0.05, 0.1) is 67.7 Å². The Morgan fingerprint density at radius 3 is 1.45 bits per heavy atom. The molecule has 0 aliphatic rings. The maximum atomic E-state index is 12.7. The molecule has 0 amide bonds. The van der Waals surface area contributed by atoms with Gasteiger partial charge < -0.3 is 15.3 Å². The Morgan fingerprint density at radius 1 is 0.522 bits per heavy atom. The fourth-order valence-electron chi connectivity index (χ4n) is 5.29. The van der Waals surface area contributed by atoms with E-state index in [2.05, 4.69) is 53.6 Å². The lowest BCUT2D eigenvalue weighted by molar-refractivity contribution is -0.434. The second-order valence-electron chi connectivity index (χ2n) is 12.7. The van der Waals surface area contributed by atoms with Gasteiger partial charge in [-0.1, -0.05) is 10.1 Å². The molecule has 5 aromatic rings. The van der Waals surface area contributed by atoms with Crippen LogP contribution in [0.2, 0.25) is 0 Å². The Bertz CT molecular complexity index is 3400. The number of hydrogen-bond acceptors (Lipinski definition) is 29. The molecule has 0 unspecified atom stereocenters. The minimum Gasteiger partial charge on any atom is -0.504 e. The summed E-state index contributed by atoms with van der Waals surface area (Å²) in [7, 11) is -23.4. The van der Waals surface area contributed by atoms with Crippen LogP contribution in [0.5, 0.6) is 17.2 Å². The van der Waals surface area contributed by atoms with Crippen LogP contribution in [0, 0.1) is 0 Å². The number of nitrogens with zero attached hydrogens (tertiary/aromatic N) is 6. The number of sulfone groups is 2. The molecule has 0 aliphatic carbocycles. The van der Waals surface area contributed by atoms with Gasteiger partial charge in [0.1, 0.15) is 10.6 Å². The molecule has 5 rings (SSSR count). The largest absolute Gasteiger partial charge is 0.504 e. The Labute approximate surface area is 396 Å². The van der Waals surface area contributed by atoms with E-state index in [-0.39, 0.29) is 55.8 Å². The number of phenolic OH excluding ortho intramolecular Hbond substituents is 3. The molecule has 69 heavy (non-hydrogen) atoms. The van der Waals surface area contributed by atoms with Crippen molar-refractivity contribution in [3.8, 4) is 17.2 Å². The highest BCUT2D eigenvalue weighted by atomic mass is 32.3. The van der Waals surface area contributed by atoms with Gasteiger partial charge >= 0.3 is 10.4 Å². The molecule has 0 bridgehead atoms. The zero-order valence-electron chi connectivity index (χ0n) is 33.4. The average Bonchev–Trinajstić information content (AvgIpc) is 3.26. The normalized spacial score (nSPS) is 13.1. The van der Waals surface area contributed by atoms with Gasteiger partial charge in [-0.25, -0.2) is 31.5 Å². The van der Waals surface area contributed by atoms with Crippen molar-refractivity contribution in [2.75, 3.05) is 24.7 Å². The highest BCUT2D eigenvalue weighted by Gasteiger charge is 2.27. The van der Waals surface area contributed by atoms with Crippen LogP contribution < -0.4 is 0 Å². The first-order valence-corrected chi connectivity index (χ1v) is 26.5. The van der Waals surface area contributed by atoms with E-state index in [9.17, 15) is 66.5 Å². The van der Waals surface area contributed by atoms with E-state index >= 15 is 0 Å². The molecule has 0 spiro atoms. The zero-order valence-corrected chi connectivity index (χ0v) is 39.1. The fourth-order valence-corrected chi connectivity index (χ4v) is 10.00. The molecular weight excluding hydrogens is 1080 g/mol. The van der Waals surface area contributed by atoms with Crippen molar-refractivity contribution in [3.05, 3.63) is 72.8 Å². The first kappa shape index (κ1) is 54.5. The van der Waals surface area contributed by atoms with E-state index < -0.39 is 130 Å². The maximum Gasteiger partial charge on any atom is 0.397 e. The summed E-state index contributed by atoms with van der Waals surface area (Å²) in [6, 6.07) is 11.7. The third-order valence-corrected chi connectivity index (χ3v) is 14.9. The SMILES string of the molecule is O=S(=O)(O)OCCS(=O)(=O)c1ccc(N=Nc2c(O)c(N=Nc3ccc(S(=O)(=O)CCOSOOO)cc3)c(O)c(N=Nc3cc4c(S(=O)(=O)O)cc(S(=O)(=O)O)cc4cc3SOOO)c2O)cc1. The van der Waals surface area contributed by atoms with Crippen LogP contribution in [-0.4, -0.2) is 106 Å². The highest BCUT2D eigenvalue weighted by molar-refractivity contribution is 7.94. The van der Waals surface area contributed by atoms with Crippen LogP contribution in [0.15, 0.2) is 128 Å². The molecule has 8 N–H and O–H groups in total. The molecule has 0 aromatic heterocycles. The van der Waals surface area contributed by atoms with Gasteiger partial charge in [-0.2, -0.15) is 35.5 Å². The van der Waals surface area contributed by atoms with Crippen molar-refractivity contribution in [2.45, 2.75) is 24.5 Å². The van der Waals surface area contributed by atoms with E-state index in [1.165, 1.54) is 0 Å². The van der Waals surface area contributed by atoms with Crippen LogP contribution in [0.25, 0.3) is 10.8 Å². The third kappa shape index (κ3) is 14.6. The van der Waals surface area contributed by atoms with E-state index in [0.29, 0.717) is 6.07 Å². The summed E-state index contributed by atoms with van der Waals surface area (Å²) in [5.74, 6) is -4.99. The first-order valence-electron chi connectivity index (χ1n) is 17.6. The lowest BCUT2D eigenvalue weighted by Gasteiger charge is -2.11. The molecule has 30 nitrogen and oxygen atoms in total. The summed E-state index contributed by atoms with van der Waals surface area (Å²) < 4.78 is 166.